The first kappa shape index (κ1) is 26.4. The number of hydrogen-bond acceptors (Lipinski definition) is 5. The number of ether oxygens (including phenoxy) is 2. The first-order chi connectivity index (χ1) is 16.6. The number of methoxy groups -OCH3 is 1. The molecule has 35 heavy (non-hydrogen) atoms. The summed E-state index contributed by atoms with van der Waals surface area (Å²) in [6.07, 6.45) is 1.62. The van der Waals surface area contributed by atoms with Gasteiger partial charge in [-0.1, -0.05) is 23.7 Å². The van der Waals surface area contributed by atoms with Crippen molar-refractivity contribution in [3.63, 3.8) is 0 Å². The number of sulfonamides is 1. The minimum atomic E-state index is -3.51. The Bertz CT molecular complexity index is 1290. The molecule has 7 nitrogen and oxygen atoms in total. The second kappa shape index (κ2) is 11.5. The molecular weight excluding hydrogens is 488 g/mol. The molecule has 0 aliphatic heterocycles. The lowest BCUT2D eigenvalue weighted by Gasteiger charge is -2.25. The molecule has 0 saturated carbocycles. The van der Waals surface area contributed by atoms with Gasteiger partial charge in [0.25, 0.3) is 0 Å². The largest absolute Gasteiger partial charge is 0.497 e. The van der Waals surface area contributed by atoms with E-state index in [4.69, 9.17) is 21.1 Å². The summed E-state index contributed by atoms with van der Waals surface area (Å²) in [4.78, 5) is 12.7. The van der Waals surface area contributed by atoms with Crippen LogP contribution in [0.2, 0.25) is 5.02 Å². The van der Waals surface area contributed by atoms with E-state index < -0.39 is 10.0 Å². The molecule has 186 valence electrons. The van der Waals surface area contributed by atoms with Crippen molar-refractivity contribution in [2.24, 2.45) is 0 Å². The summed E-state index contributed by atoms with van der Waals surface area (Å²) in [5, 5.41) is 3.27. The Hall–Kier alpha value is -3.23. The summed E-state index contributed by atoms with van der Waals surface area (Å²) in [6.45, 7) is 4.00. The van der Waals surface area contributed by atoms with Crippen molar-refractivity contribution in [3.05, 3.63) is 76.8 Å². The van der Waals surface area contributed by atoms with Gasteiger partial charge in [-0.15, -0.1) is 0 Å². The monoisotopic (exact) mass is 516 g/mol. The Kier molecular flexibility index (Phi) is 8.64. The summed E-state index contributed by atoms with van der Waals surface area (Å²) < 4.78 is 37.3. The predicted octanol–water partition coefficient (Wildman–Crippen LogP) is 5.94. The van der Waals surface area contributed by atoms with Gasteiger partial charge in [-0.05, 0) is 79.9 Å². The van der Waals surface area contributed by atoms with Crippen LogP contribution in [-0.2, 0) is 14.8 Å². The molecule has 3 aromatic rings. The van der Waals surface area contributed by atoms with Crippen LogP contribution in [0.25, 0.3) is 0 Å². The standard InChI is InChI=1S/C26H29ClN2O5S/c1-18-7-5-8-24(19(18)2)29(35(4,31)32)16-6-9-26(30)28-23-17-20(27)10-15-25(23)34-22-13-11-21(33-3)12-14-22/h5,7-8,10-15,17H,6,9,16H2,1-4H3,(H,28,30). The van der Waals surface area contributed by atoms with Crippen molar-refractivity contribution in [2.75, 3.05) is 29.5 Å². The zero-order valence-corrected chi connectivity index (χ0v) is 21.7. The summed E-state index contributed by atoms with van der Waals surface area (Å²) >= 11 is 6.14. The number of nitrogens with zero attached hydrogens (tertiary/aromatic N) is 1. The normalized spacial score (nSPS) is 11.1. The molecule has 0 aromatic heterocycles. The average molecular weight is 517 g/mol. The fraction of sp³-hybridized carbons (Fsp3) is 0.269. The zero-order chi connectivity index (χ0) is 25.6. The molecule has 0 fully saturated rings. The molecule has 0 aliphatic rings. The second-order valence-electron chi connectivity index (χ2n) is 8.12. The second-order valence-corrected chi connectivity index (χ2v) is 10.5. The van der Waals surface area contributed by atoms with Gasteiger partial charge in [0.1, 0.15) is 11.5 Å². The molecule has 0 heterocycles. The van der Waals surface area contributed by atoms with Crippen LogP contribution in [0.15, 0.2) is 60.7 Å². The summed E-state index contributed by atoms with van der Waals surface area (Å²) in [5.74, 6) is 1.43. The number of nitrogens with one attached hydrogen (secondary N) is 1. The minimum absolute atomic E-state index is 0.116. The van der Waals surface area contributed by atoms with Gasteiger partial charge >= 0.3 is 0 Å². The zero-order valence-electron chi connectivity index (χ0n) is 20.2. The van der Waals surface area contributed by atoms with Gasteiger partial charge in [0, 0.05) is 18.0 Å². The van der Waals surface area contributed by atoms with Crippen LogP contribution in [0.3, 0.4) is 0 Å². The Morgan fingerprint density at radius 3 is 2.37 bits per heavy atom. The van der Waals surface area contributed by atoms with Gasteiger partial charge in [-0.2, -0.15) is 0 Å². The third-order valence-electron chi connectivity index (χ3n) is 5.51. The van der Waals surface area contributed by atoms with Gasteiger partial charge < -0.3 is 14.8 Å². The Balaban J connectivity index is 1.67. The van der Waals surface area contributed by atoms with Gasteiger partial charge in [-0.3, -0.25) is 9.10 Å². The first-order valence-corrected chi connectivity index (χ1v) is 13.3. The molecule has 1 amide bonds. The van der Waals surface area contributed by atoms with Gasteiger partial charge in [-0.25, -0.2) is 8.42 Å². The van der Waals surface area contributed by atoms with E-state index in [1.54, 1.807) is 55.6 Å². The van der Waals surface area contributed by atoms with Crippen LogP contribution in [0.4, 0.5) is 11.4 Å². The van der Waals surface area contributed by atoms with Crippen molar-refractivity contribution in [3.8, 4) is 17.2 Å². The van der Waals surface area contributed by atoms with E-state index in [1.165, 1.54) is 10.6 Å². The minimum Gasteiger partial charge on any atom is -0.497 e. The molecule has 0 spiro atoms. The molecule has 3 rings (SSSR count). The average Bonchev–Trinajstić information content (AvgIpc) is 2.80. The van der Waals surface area contributed by atoms with E-state index in [9.17, 15) is 13.2 Å². The number of aryl methyl sites for hydroxylation is 1. The molecule has 0 unspecified atom stereocenters. The number of carbonyl (C=O) groups is 1. The van der Waals surface area contributed by atoms with Crippen LogP contribution in [0.1, 0.15) is 24.0 Å². The maximum atomic E-state index is 12.7. The van der Waals surface area contributed by atoms with E-state index in [0.717, 1.165) is 11.1 Å². The van der Waals surface area contributed by atoms with Crippen molar-refractivity contribution in [1.82, 2.24) is 0 Å². The number of benzene rings is 3. The van der Waals surface area contributed by atoms with Crippen LogP contribution in [0, 0.1) is 13.8 Å². The SMILES string of the molecule is COc1ccc(Oc2ccc(Cl)cc2NC(=O)CCCN(c2cccc(C)c2C)S(C)(=O)=O)cc1. The van der Waals surface area contributed by atoms with Gasteiger partial charge in [0.15, 0.2) is 5.75 Å². The van der Waals surface area contributed by atoms with Crippen molar-refractivity contribution >= 4 is 38.9 Å². The summed E-state index contributed by atoms with van der Waals surface area (Å²) in [6, 6.07) is 17.5. The quantitative estimate of drug-likeness (QED) is 0.360. The molecule has 9 heteroatoms. The topological polar surface area (TPSA) is 84.9 Å². The van der Waals surface area contributed by atoms with E-state index >= 15 is 0 Å². The van der Waals surface area contributed by atoms with Gasteiger partial charge in [0.05, 0.1) is 24.7 Å². The number of amides is 1. The van der Waals surface area contributed by atoms with Crippen molar-refractivity contribution in [1.29, 1.82) is 0 Å². The van der Waals surface area contributed by atoms with Crippen LogP contribution in [0.5, 0.6) is 17.2 Å². The van der Waals surface area contributed by atoms with Crippen molar-refractivity contribution < 1.29 is 22.7 Å². The Labute approximate surface area is 211 Å². The van der Waals surface area contributed by atoms with Crippen LogP contribution >= 0.6 is 11.6 Å². The van der Waals surface area contributed by atoms with Gasteiger partial charge in [0.2, 0.25) is 15.9 Å². The lowest BCUT2D eigenvalue weighted by Crippen LogP contribution is -2.32. The molecule has 0 radical (unpaired) electrons. The maximum absolute atomic E-state index is 12.7. The third kappa shape index (κ3) is 7.13. The fourth-order valence-electron chi connectivity index (χ4n) is 3.53. The highest BCUT2D eigenvalue weighted by atomic mass is 35.5. The fourth-order valence-corrected chi connectivity index (χ4v) is 4.71. The van der Waals surface area contributed by atoms with Crippen LogP contribution < -0.4 is 19.1 Å². The van der Waals surface area contributed by atoms with E-state index in [-0.39, 0.29) is 18.9 Å². The number of anilines is 2. The highest BCUT2D eigenvalue weighted by Gasteiger charge is 2.20. The smallest absolute Gasteiger partial charge is 0.232 e. The molecule has 0 saturated heterocycles. The number of carbonyl (C=O) groups excluding carboxylic acids is 1. The first-order valence-electron chi connectivity index (χ1n) is 11.0. The van der Waals surface area contributed by atoms with Crippen LogP contribution in [-0.4, -0.2) is 34.2 Å². The highest BCUT2D eigenvalue weighted by Crippen LogP contribution is 2.33. The molecule has 0 bridgehead atoms. The van der Waals surface area contributed by atoms with E-state index in [0.29, 0.717) is 40.1 Å². The number of hydrogen-bond donors (Lipinski definition) is 1. The number of halogens is 1. The molecule has 3 aromatic carbocycles. The predicted molar refractivity (Wildman–Crippen MR) is 140 cm³/mol. The highest BCUT2D eigenvalue weighted by molar-refractivity contribution is 7.92. The Morgan fingerprint density at radius 2 is 1.71 bits per heavy atom. The molecule has 0 atom stereocenters. The third-order valence-corrected chi connectivity index (χ3v) is 6.93. The molecule has 0 aliphatic carbocycles. The Morgan fingerprint density at radius 1 is 1.03 bits per heavy atom. The summed E-state index contributed by atoms with van der Waals surface area (Å²) in [7, 11) is -1.93. The van der Waals surface area contributed by atoms with E-state index in [1.807, 2.05) is 26.0 Å². The lowest BCUT2D eigenvalue weighted by atomic mass is 10.1. The number of rotatable bonds is 10. The van der Waals surface area contributed by atoms with E-state index in [2.05, 4.69) is 5.32 Å². The summed E-state index contributed by atoms with van der Waals surface area (Å²) in [5.41, 5.74) is 2.94. The molecular formula is C26H29ClN2O5S. The maximum Gasteiger partial charge on any atom is 0.232 e. The lowest BCUT2D eigenvalue weighted by molar-refractivity contribution is -0.116. The molecule has 1 N–H and O–H groups in total. The van der Waals surface area contributed by atoms with Crippen molar-refractivity contribution in [2.45, 2.75) is 26.7 Å².